The Bertz CT molecular complexity index is 468. The van der Waals surface area contributed by atoms with Crippen molar-refractivity contribution in [2.45, 2.75) is 6.92 Å². The summed E-state index contributed by atoms with van der Waals surface area (Å²) in [6, 6.07) is 9.36. The molecule has 0 fully saturated rings. The van der Waals surface area contributed by atoms with Crippen molar-refractivity contribution in [3.8, 4) is 5.75 Å². The summed E-state index contributed by atoms with van der Waals surface area (Å²) in [5, 5.41) is 11.5. The number of nitrogens with two attached hydrogens (primary N) is 1. The Balaban J connectivity index is 0.000000980. The first-order chi connectivity index (χ1) is 6.20. The van der Waals surface area contributed by atoms with E-state index in [0.717, 1.165) is 16.3 Å². The molecule has 0 saturated carbocycles. The van der Waals surface area contributed by atoms with Gasteiger partial charge in [-0.25, -0.2) is 0 Å². The minimum absolute atomic E-state index is 0. The molecule has 0 atom stereocenters. The van der Waals surface area contributed by atoms with Crippen LogP contribution < -0.4 is 5.73 Å². The van der Waals surface area contributed by atoms with Gasteiger partial charge in [-0.2, -0.15) is 0 Å². The van der Waals surface area contributed by atoms with E-state index in [4.69, 9.17) is 5.73 Å². The van der Waals surface area contributed by atoms with Gasteiger partial charge in [0, 0.05) is 16.5 Å². The molecule has 0 unspecified atom stereocenters. The van der Waals surface area contributed by atoms with Crippen LogP contribution in [0.4, 0.5) is 5.69 Å². The van der Waals surface area contributed by atoms with E-state index < -0.39 is 0 Å². The van der Waals surface area contributed by atoms with Crippen LogP contribution in [0.2, 0.25) is 0 Å². The first kappa shape index (κ1) is 10.7. The third kappa shape index (κ3) is 1.49. The largest absolute Gasteiger partial charge is 0.507 e. The molecule has 0 aliphatic carbocycles. The maximum atomic E-state index is 9.73. The highest BCUT2D eigenvalue weighted by atomic mass is 35.5. The van der Waals surface area contributed by atoms with Crippen LogP contribution in [0.15, 0.2) is 30.3 Å². The Morgan fingerprint density at radius 2 is 1.71 bits per heavy atom. The molecule has 0 aliphatic rings. The summed E-state index contributed by atoms with van der Waals surface area (Å²) in [6.45, 7) is 1.85. The summed E-state index contributed by atoms with van der Waals surface area (Å²) < 4.78 is 0. The molecular formula is C11H12ClNO. The van der Waals surface area contributed by atoms with E-state index >= 15 is 0 Å². The fourth-order valence-corrected chi connectivity index (χ4v) is 1.53. The van der Waals surface area contributed by atoms with Crippen molar-refractivity contribution < 1.29 is 5.11 Å². The third-order valence-electron chi connectivity index (χ3n) is 2.24. The van der Waals surface area contributed by atoms with Gasteiger partial charge in [-0.3, -0.25) is 0 Å². The van der Waals surface area contributed by atoms with E-state index in [1.54, 1.807) is 6.07 Å². The zero-order valence-corrected chi connectivity index (χ0v) is 8.64. The van der Waals surface area contributed by atoms with Crippen molar-refractivity contribution in [3.05, 3.63) is 35.9 Å². The SMILES string of the molecule is Cc1cc(N)c2ccccc2c1O.Cl. The quantitative estimate of drug-likeness (QED) is 0.518. The van der Waals surface area contributed by atoms with Gasteiger partial charge in [0.05, 0.1) is 0 Å². The van der Waals surface area contributed by atoms with Gasteiger partial charge in [-0.15, -0.1) is 12.4 Å². The minimum atomic E-state index is 0. The normalized spacial score (nSPS) is 9.79. The van der Waals surface area contributed by atoms with Crippen molar-refractivity contribution in [2.24, 2.45) is 0 Å². The predicted molar refractivity (Wildman–Crippen MR) is 62.0 cm³/mol. The predicted octanol–water partition coefficient (Wildman–Crippen LogP) is 2.86. The van der Waals surface area contributed by atoms with Gasteiger partial charge in [0.25, 0.3) is 0 Å². The van der Waals surface area contributed by atoms with Gasteiger partial charge in [0.15, 0.2) is 0 Å². The fourth-order valence-electron chi connectivity index (χ4n) is 1.53. The lowest BCUT2D eigenvalue weighted by Crippen LogP contribution is -1.88. The molecular weight excluding hydrogens is 198 g/mol. The van der Waals surface area contributed by atoms with Crippen molar-refractivity contribution in [3.63, 3.8) is 0 Å². The highest BCUT2D eigenvalue weighted by Crippen LogP contribution is 2.32. The zero-order valence-electron chi connectivity index (χ0n) is 7.82. The number of halogens is 1. The van der Waals surface area contributed by atoms with E-state index in [-0.39, 0.29) is 12.4 Å². The fraction of sp³-hybridized carbons (Fsp3) is 0.0909. The van der Waals surface area contributed by atoms with E-state index in [1.165, 1.54) is 0 Å². The Morgan fingerprint density at radius 3 is 2.36 bits per heavy atom. The van der Waals surface area contributed by atoms with Crippen LogP contribution in [0.25, 0.3) is 10.8 Å². The second-order valence-electron chi connectivity index (χ2n) is 3.18. The second-order valence-corrected chi connectivity index (χ2v) is 3.18. The van der Waals surface area contributed by atoms with Gasteiger partial charge < -0.3 is 10.8 Å². The Labute approximate surface area is 88.8 Å². The lowest BCUT2D eigenvalue weighted by Gasteiger charge is -2.06. The molecule has 2 rings (SSSR count). The molecule has 0 amide bonds. The van der Waals surface area contributed by atoms with Gasteiger partial charge >= 0.3 is 0 Å². The van der Waals surface area contributed by atoms with Crippen LogP contribution in [-0.4, -0.2) is 5.11 Å². The summed E-state index contributed by atoms with van der Waals surface area (Å²) in [6.07, 6.45) is 0. The van der Waals surface area contributed by atoms with Gasteiger partial charge in [0.1, 0.15) is 5.75 Å². The number of nitrogen functional groups attached to an aromatic ring is 1. The molecule has 0 spiro atoms. The summed E-state index contributed by atoms with van der Waals surface area (Å²) in [5.74, 6) is 0.324. The van der Waals surface area contributed by atoms with Crippen molar-refractivity contribution in [2.75, 3.05) is 5.73 Å². The molecule has 0 aliphatic heterocycles. The molecule has 0 bridgehead atoms. The Hall–Kier alpha value is -1.41. The van der Waals surface area contributed by atoms with Crippen LogP contribution in [-0.2, 0) is 0 Å². The number of phenolic OH excluding ortho intramolecular Hbond substituents is 1. The molecule has 3 heteroatoms. The topological polar surface area (TPSA) is 46.2 Å². The summed E-state index contributed by atoms with van der Waals surface area (Å²) >= 11 is 0. The second kappa shape index (κ2) is 3.76. The van der Waals surface area contributed by atoms with Gasteiger partial charge in [-0.1, -0.05) is 24.3 Å². The number of hydrogen-bond acceptors (Lipinski definition) is 2. The first-order valence-corrected chi connectivity index (χ1v) is 4.17. The van der Waals surface area contributed by atoms with Crippen molar-refractivity contribution in [1.82, 2.24) is 0 Å². The number of benzene rings is 2. The van der Waals surface area contributed by atoms with E-state index in [0.29, 0.717) is 11.4 Å². The summed E-state index contributed by atoms with van der Waals surface area (Å²) in [4.78, 5) is 0. The molecule has 0 radical (unpaired) electrons. The monoisotopic (exact) mass is 209 g/mol. The average molecular weight is 210 g/mol. The average Bonchev–Trinajstić information content (AvgIpc) is 2.15. The number of aryl methyl sites for hydroxylation is 1. The Morgan fingerprint density at radius 1 is 1.14 bits per heavy atom. The van der Waals surface area contributed by atoms with Gasteiger partial charge in [-0.05, 0) is 18.6 Å². The minimum Gasteiger partial charge on any atom is -0.507 e. The number of aromatic hydroxyl groups is 1. The maximum Gasteiger partial charge on any atom is 0.126 e. The summed E-state index contributed by atoms with van der Waals surface area (Å²) in [7, 11) is 0. The molecule has 74 valence electrons. The molecule has 0 heterocycles. The maximum absolute atomic E-state index is 9.73. The lowest BCUT2D eigenvalue weighted by molar-refractivity contribution is 0.477. The zero-order chi connectivity index (χ0) is 9.42. The lowest BCUT2D eigenvalue weighted by atomic mass is 10.0. The third-order valence-corrected chi connectivity index (χ3v) is 2.24. The highest BCUT2D eigenvalue weighted by molar-refractivity contribution is 5.97. The number of phenols is 1. The standard InChI is InChI=1S/C11H11NO.ClH/c1-7-6-10(12)8-4-2-3-5-9(8)11(7)13;/h2-6,13H,12H2,1H3;1H. The molecule has 2 nitrogen and oxygen atoms in total. The summed E-state index contributed by atoms with van der Waals surface area (Å²) in [5.41, 5.74) is 7.34. The van der Waals surface area contributed by atoms with Crippen molar-refractivity contribution in [1.29, 1.82) is 0 Å². The molecule has 0 aromatic heterocycles. The number of rotatable bonds is 0. The molecule has 2 aromatic rings. The molecule has 14 heavy (non-hydrogen) atoms. The van der Waals surface area contributed by atoms with Crippen molar-refractivity contribution >= 4 is 28.9 Å². The van der Waals surface area contributed by atoms with E-state index in [1.807, 2.05) is 31.2 Å². The number of hydrogen-bond donors (Lipinski definition) is 2. The molecule has 3 N–H and O–H groups in total. The smallest absolute Gasteiger partial charge is 0.126 e. The molecule has 2 aromatic carbocycles. The first-order valence-electron chi connectivity index (χ1n) is 4.17. The van der Waals surface area contributed by atoms with Gasteiger partial charge in [0.2, 0.25) is 0 Å². The number of fused-ring (bicyclic) bond motifs is 1. The van der Waals surface area contributed by atoms with Crippen LogP contribution in [0, 0.1) is 6.92 Å². The molecule has 0 saturated heterocycles. The van der Waals surface area contributed by atoms with E-state index in [9.17, 15) is 5.11 Å². The Kier molecular flexibility index (Phi) is 2.87. The van der Waals surface area contributed by atoms with E-state index in [2.05, 4.69) is 0 Å². The van der Waals surface area contributed by atoms with Crippen LogP contribution in [0.5, 0.6) is 5.75 Å². The number of anilines is 1. The van der Waals surface area contributed by atoms with Crippen LogP contribution >= 0.6 is 12.4 Å². The van der Waals surface area contributed by atoms with Crippen LogP contribution in [0.3, 0.4) is 0 Å². The highest BCUT2D eigenvalue weighted by Gasteiger charge is 2.04. The van der Waals surface area contributed by atoms with Crippen LogP contribution in [0.1, 0.15) is 5.56 Å².